The molecule has 6 rings (SSSR count). The van der Waals surface area contributed by atoms with Crippen LogP contribution in [-0.4, -0.2) is 199 Å². The van der Waals surface area contributed by atoms with E-state index in [0.29, 0.717) is 47.1 Å². The van der Waals surface area contributed by atoms with Crippen molar-refractivity contribution in [3.63, 3.8) is 0 Å². The van der Waals surface area contributed by atoms with Gasteiger partial charge in [-0.05, 0) is 101 Å². The van der Waals surface area contributed by atoms with E-state index in [2.05, 4.69) is 67.8 Å². The van der Waals surface area contributed by atoms with E-state index < -0.39 is 126 Å². The number of carbonyl (C=O) groups is 11. The van der Waals surface area contributed by atoms with Gasteiger partial charge in [0, 0.05) is 81.2 Å². The zero-order valence-corrected chi connectivity index (χ0v) is 53.5. The smallest absolute Gasteiger partial charge is 0.300 e. The number of hydrogen-bond donors (Lipinski definition) is 16. The number of guanidine groups is 1. The van der Waals surface area contributed by atoms with Crippen molar-refractivity contribution < 1.29 is 72.8 Å². The molecule has 2 saturated heterocycles. The number of carbonyl (C=O) groups excluding carboxylic acids is 10. The van der Waals surface area contributed by atoms with Gasteiger partial charge in [-0.1, -0.05) is 44.2 Å². The van der Waals surface area contributed by atoms with Crippen LogP contribution >= 0.6 is 0 Å². The summed E-state index contributed by atoms with van der Waals surface area (Å²) in [5, 5.41) is 53.2. The zero-order valence-electron chi connectivity index (χ0n) is 53.5. The van der Waals surface area contributed by atoms with E-state index in [0.717, 1.165) is 6.92 Å². The lowest BCUT2D eigenvalue weighted by Gasteiger charge is -2.31. The minimum atomic E-state index is -1.78. The van der Waals surface area contributed by atoms with E-state index >= 15 is 0 Å². The lowest BCUT2D eigenvalue weighted by Crippen LogP contribution is -2.62. The molecule has 0 aliphatic carbocycles. The maximum absolute atomic E-state index is 14.8. The Kier molecular flexibility index (Phi) is 28.5. The van der Waals surface area contributed by atoms with E-state index in [1.807, 2.05) is 13.8 Å². The number of ether oxygens (including phenoxy) is 1. The van der Waals surface area contributed by atoms with Gasteiger partial charge in [0.2, 0.25) is 59.1 Å². The predicted octanol–water partition coefficient (Wildman–Crippen LogP) is -1.58. The molecule has 0 radical (unpaired) electrons. The van der Waals surface area contributed by atoms with Gasteiger partial charge in [0.05, 0.1) is 25.1 Å². The molecule has 2 aliphatic heterocycles. The largest absolute Gasteiger partial charge is 0.508 e. The molecule has 2 fully saturated rings. The van der Waals surface area contributed by atoms with Crippen molar-refractivity contribution in [1.82, 2.24) is 67.7 Å². The summed E-state index contributed by atoms with van der Waals surface area (Å²) in [4.78, 5) is 165. The average molecular weight is 1300 g/mol. The number of aliphatic carboxylic acids is 1. The monoisotopic (exact) mass is 1300 g/mol. The summed E-state index contributed by atoms with van der Waals surface area (Å²) in [5.41, 5.74) is 12.4. The molecule has 9 atom stereocenters. The number of imidazole rings is 1. The Balaban J connectivity index is 0.00000380. The van der Waals surface area contributed by atoms with Crippen LogP contribution in [0.5, 0.6) is 5.75 Å². The number of hydrogen-bond acceptors (Lipinski definition) is 16. The SMILES string of the molecule is CC(=O)O.CCNC(=O)C1CCCN1C(=O)C(CCCN=C(N)N)NC(=O)C(CC(C)C)NC(=O)C(COC(C)(C)C)NC(=O)C(Cc1ccc(O)cc1)NC(=O)C(CO)NC(=O)C(Cc1c[nH]c2ccccc12)NC(=O)C(Cc1cnc[nH]1)NC(=O)C1CCC(=O)N1. The van der Waals surface area contributed by atoms with Crippen molar-refractivity contribution in [1.29, 1.82) is 0 Å². The summed E-state index contributed by atoms with van der Waals surface area (Å²) in [6.07, 6.45) is 5.56. The molecule has 0 bridgehead atoms. The normalized spacial score (nSPS) is 16.7. The minimum absolute atomic E-state index is 0.0578. The number of amides is 10. The fraction of sp³-hybridized carbons (Fsp3) is 0.532. The zero-order chi connectivity index (χ0) is 68.5. The van der Waals surface area contributed by atoms with Crippen molar-refractivity contribution in [3.8, 4) is 5.75 Å². The number of nitrogens with two attached hydrogens (primary N) is 2. The number of aromatic amines is 2. The quantitative estimate of drug-likeness (QED) is 0.0149. The molecule has 31 nitrogen and oxygen atoms in total. The molecule has 0 saturated carbocycles. The third-order valence-corrected chi connectivity index (χ3v) is 14.9. The number of fused-ring (bicyclic) bond motifs is 1. The van der Waals surface area contributed by atoms with E-state index in [9.17, 15) is 58.2 Å². The molecule has 31 heteroatoms. The van der Waals surface area contributed by atoms with Gasteiger partial charge in [-0.3, -0.25) is 57.7 Å². The Labute approximate surface area is 538 Å². The second-order valence-electron chi connectivity index (χ2n) is 24.1. The highest BCUT2D eigenvalue weighted by atomic mass is 16.5. The summed E-state index contributed by atoms with van der Waals surface area (Å²) >= 11 is 0. The maximum Gasteiger partial charge on any atom is 0.300 e. The number of H-pyrrole nitrogens is 2. The molecule has 10 amide bonds. The summed E-state index contributed by atoms with van der Waals surface area (Å²) in [6.45, 7) is 10.9. The number of rotatable bonds is 32. The van der Waals surface area contributed by atoms with Crippen LogP contribution in [0.2, 0.25) is 0 Å². The number of benzene rings is 2. The number of aliphatic hydroxyl groups excluding tert-OH is 1. The molecule has 4 aromatic rings. The van der Waals surface area contributed by atoms with Crippen LogP contribution < -0.4 is 59.3 Å². The number of aliphatic hydroxyl groups is 1. The summed E-state index contributed by atoms with van der Waals surface area (Å²) in [7, 11) is 0. The Bertz CT molecular complexity index is 3230. The summed E-state index contributed by atoms with van der Waals surface area (Å²) in [5.74, 6) is -8.56. The van der Waals surface area contributed by atoms with Gasteiger partial charge in [0.25, 0.3) is 5.97 Å². The maximum atomic E-state index is 14.8. The molecule has 2 aromatic heterocycles. The van der Waals surface area contributed by atoms with Crippen LogP contribution in [0.15, 0.2) is 72.2 Å². The van der Waals surface area contributed by atoms with Crippen LogP contribution in [0.1, 0.15) is 110 Å². The molecule has 0 spiro atoms. The first kappa shape index (κ1) is 74.1. The number of phenols is 1. The van der Waals surface area contributed by atoms with E-state index in [-0.39, 0.29) is 93.9 Å². The highest BCUT2D eigenvalue weighted by molar-refractivity contribution is 5.99. The predicted molar refractivity (Wildman–Crippen MR) is 340 cm³/mol. The topological polar surface area (TPSA) is 478 Å². The first-order valence-electron chi connectivity index (χ1n) is 30.9. The lowest BCUT2D eigenvalue weighted by molar-refractivity contribution is -0.142. The highest BCUT2D eigenvalue weighted by Gasteiger charge is 2.40. The first-order chi connectivity index (χ1) is 44.0. The Morgan fingerprint density at radius 2 is 1.33 bits per heavy atom. The number of para-hydroxylation sites is 1. The molecule has 508 valence electrons. The van der Waals surface area contributed by atoms with Crippen molar-refractivity contribution >= 4 is 81.9 Å². The van der Waals surface area contributed by atoms with E-state index in [1.54, 1.807) is 58.2 Å². The van der Waals surface area contributed by atoms with Gasteiger partial charge in [0.1, 0.15) is 60.1 Å². The van der Waals surface area contributed by atoms with Gasteiger partial charge in [-0.15, -0.1) is 0 Å². The van der Waals surface area contributed by atoms with Gasteiger partial charge < -0.3 is 94.2 Å². The second-order valence-corrected chi connectivity index (χ2v) is 24.1. The van der Waals surface area contributed by atoms with Crippen LogP contribution in [0, 0.1) is 5.92 Å². The fourth-order valence-electron chi connectivity index (χ4n) is 10.3. The molecule has 93 heavy (non-hydrogen) atoms. The molecule has 2 aliphatic rings. The number of carboxylic acids is 1. The number of phenolic OH excluding ortho intramolecular Hbond substituents is 1. The van der Waals surface area contributed by atoms with Gasteiger partial charge >= 0.3 is 0 Å². The molecule has 2 aromatic carbocycles. The van der Waals surface area contributed by atoms with Crippen molar-refractivity contribution in [2.45, 2.75) is 173 Å². The Morgan fingerprint density at radius 1 is 0.753 bits per heavy atom. The molecule has 18 N–H and O–H groups in total. The van der Waals surface area contributed by atoms with Crippen molar-refractivity contribution in [2.75, 3.05) is 32.8 Å². The number of nitrogens with one attached hydrogen (secondary N) is 11. The Hall–Kier alpha value is -9.65. The van der Waals surface area contributed by atoms with Crippen LogP contribution in [0.3, 0.4) is 0 Å². The summed E-state index contributed by atoms with van der Waals surface area (Å²) < 4.78 is 6.04. The van der Waals surface area contributed by atoms with Gasteiger partial charge in [0.15, 0.2) is 5.96 Å². The van der Waals surface area contributed by atoms with Crippen molar-refractivity contribution in [2.24, 2.45) is 22.4 Å². The number of aromatic nitrogens is 3. The minimum Gasteiger partial charge on any atom is -0.508 e. The summed E-state index contributed by atoms with van der Waals surface area (Å²) in [6, 6.07) is 1.02. The van der Waals surface area contributed by atoms with Crippen molar-refractivity contribution in [3.05, 3.63) is 84.1 Å². The van der Waals surface area contributed by atoms with Gasteiger partial charge in [-0.25, -0.2) is 4.98 Å². The average Bonchev–Trinajstić information content (AvgIpc) is 1.78. The van der Waals surface area contributed by atoms with Gasteiger partial charge in [-0.2, -0.15) is 0 Å². The standard InChI is InChI=1S/C60H86N16O13.C2H4O2/c1-7-64-57(87)48-15-11-23-76(48)58(88)41(14-10-22-65-59(61)62)69-51(81)42(24-33(2)3)70-56(86)47(31-89-60(4,5)6)75-52(82)43(25-34-16-18-37(78)19-17-34)71-55(85)46(30-77)74-53(83)44(26-35-28-66-39-13-9-8-12-38(35)39)72-54(84)45(27-36-29-63-32-67-36)73-50(80)40-20-21-49(79)68-40;1-2(3)4/h8-9,12-13,16-19,28-29,32-33,40-48,66,77-78H,7,10-11,14-15,20-27,30-31H2,1-6H3,(H,63,67)(H,64,87)(H,68,79)(H,69,81)(H,70,86)(H,71,85)(H,72,84)(H,73,80)(H,74,83)(H,75,82)(H4,61,62,65);1H3,(H,3,4). The number of carboxylic acid groups (broad SMARTS) is 1. The lowest BCUT2D eigenvalue weighted by atomic mass is 10.0. The number of likely N-dealkylation sites (tertiary alicyclic amines) is 1. The Morgan fingerprint density at radius 3 is 1.92 bits per heavy atom. The first-order valence-corrected chi connectivity index (χ1v) is 30.9. The van der Waals surface area contributed by atoms with E-state index in [1.165, 1.54) is 41.7 Å². The van der Waals surface area contributed by atoms with Crippen LogP contribution in [0.25, 0.3) is 10.9 Å². The fourth-order valence-corrected chi connectivity index (χ4v) is 10.3. The molecule has 9 unspecified atom stereocenters. The number of nitrogens with zero attached hydrogens (tertiary/aromatic N) is 3. The third kappa shape index (κ3) is 24.2. The van der Waals surface area contributed by atoms with Crippen LogP contribution in [0.4, 0.5) is 0 Å². The highest BCUT2D eigenvalue weighted by Crippen LogP contribution is 2.22. The second kappa shape index (κ2) is 35.8. The number of aromatic hydroxyl groups is 1. The third-order valence-electron chi connectivity index (χ3n) is 14.9. The van der Waals surface area contributed by atoms with E-state index in [4.69, 9.17) is 26.1 Å². The molecular formula is C62H90N16O15. The molecule has 4 heterocycles. The number of aliphatic imine (C=N–C) groups is 1. The van der Waals surface area contributed by atoms with Crippen LogP contribution in [-0.2, 0) is 76.7 Å². The molecular weight excluding hydrogens is 1210 g/mol. The number of likely N-dealkylation sites (N-methyl/N-ethyl adjacent to an activating group) is 1.